The highest BCUT2D eigenvalue weighted by Crippen LogP contribution is 2.39. The number of amides is 1. The molecule has 0 bridgehead atoms. The fourth-order valence-corrected chi connectivity index (χ4v) is 4.39. The molecule has 0 aliphatic carbocycles. The second kappa shape index (κ2) is 11.0. The van der Waals surface area contributed by atoms with Crippen LogP contribution < -0.4 is 4.74 Å². The smallest absolute Gasteiger partial charge is 0.295 e. The maximum Gasteiger partial charge on any atom is 0.295 e. The Morgan fingerprint density at radius 1 is 1.06 bits per heavy atom. The summed E-state index contributed by atoms with van der Waals surface area (Å²) >= 11 is 5.99. The maximum atomic E-state index is 13.1. The largest absolute Gasteiger partial charge is 0.507 e. The van der Waals surface area contributed by atoms with E-state index in [-0.39, 0.29) is 11.3 Å². The summed E-state index contributed by atoms with van der Waals surface area (Å²) in [5, 5.41) is 11.6. The fraction of sp³-hybridized carbons (Fsp3) is 0.385. The number of aliphatic hydroxyl groups is 1. The van der Waals surface area contributed by atoms with E-state index in [9.17, 15) is 14.7 Å². The first-order chi connectivity index (χ1) is 16.5. The highest BCUT2D eigenvalue weighted by molar-refractivity contribution is 6.46. The van der Waals surface area contributed by atoms with Crippen LogP contribution in [-0.4, -0.2) is 72.6 Å². The van der Waals surface area contributed by atoms with E-state index in [1.807, 2.05) is 31.2 Å². The molecule has 1 N–H and O–H groups in total. The first-order valence-corrected chi connectivity index (χ1v) is 11.9. The number of nitrogens with zero attached hydrogens (tertiary/aromatic N) is 2. The number of rotatable bonds is 8. The second-order valence-corrected chi connectivity index (χ2v) is 8.81. The topological polar surface area (TPSA) is 79.3 Å². The SMILES string of the molecule is CCCOc1ccc([C@H]2/C(=C(\O)c3ccc(Cl)cc3)C(=O)C(=O)N2CCN2CCOCC2)cc1. The van der Waals surface area contributed by atoms with Crippen LogP contribution in [0.5, 0.6) is 5.75 Å². The molecule has 4 rings (SSSR count). The molecule has 2 fully saturated rings. The summed E-state index contributed by atoms with van der Waals surface area (Å²) in [5.74, 6) is -0.792. The third-order valence-corrected chi connectivity index (χ3v) is 6.34. The molecule has 8 heteroatoms. The van der Waals surface area contributed by atoms with Crippen molar-refractivity contribution < 1.29 is 24.2 Å². The zero-order valence-electron chi connectivity index (χ0n) is 19.2. The van der Waals surface area contributed by atoms with E-state index in [0.717, 1.165) is 25.1 Å². The molecule has 0 spiro atoms. The van der Waals surface area contributed by atoms with Crippen molar-refractivity contribution in [2.75, 3.05) is 46.0 Å². The summed E-state index contributed by atoms with van der Waals surface area (Å²) in [7, 11) is 0. The molecule has 2 aliphatic heterocycles. The van der Waals surface area contributed by atoms with Gasteiger partial charge >= 0.3 is 0 Å². The normalized spacial score (nSPS) is 20.6. The van der Waals surface area contributed by atoms with Crippen LogP contribution in [0.2, 0.25) is 5.02 Å². The Balaban J connectivity index is 1.69. The van der Waals surface area contributed by atoms with Gasteiger partial charge < -0.3 is 19.5 Å². The molecular formula is C26H29ClN2O5. The number of carbonyl (C=O) groups excluding carboxylic acids is 2. The van der Waals surface area contributed by atoms with E-state index in [1.54, 1.807) is 29.2 Å². The van der Waals surface area contributed by atoms with Crippen molar-refractivity contribution >= 4 is 29.1 Å². The molecule has 1 atom stereocenters. The van der Waals surface area contributed by atoms with Gasteiger partial charge in [-0.05, 0) is 48.4 Å². The third-order valence-electron chi connectivity index (χ3n) is 6.09. The summed E-state index contributed by atoms with van der Waals surface area (Å²) in [6.07, 6.45) is 0.893. The van der Waals surface area contributed by atoms with Crippen LogP contribution in [0.15, 0.2) is 54.1 Å². The van der Waals surface area contributed by atoms with E-state index in [0.29, 0.717) is 49.2 Å². The Morgan fingerprint density at radius 3 is 2.38 bits per heavy atom. The first-order valence-electron chi connectivity index (χ1n) is 11.6. The highest BCUT2D eigenvalue weighted by atomic mass is 35.5. The molecule has 2 heterocycles. The molecule has 0 unspecified atom stereocenters. The molecule has 2 saturated heterocycles. The van der Waals surface area contributed by atoms with Gasteiger partial charge in [-0.1, -0.05) is 30.7 Å². The van der Waals surface area contributed by atoms with Crippen LogP contribution in [0.3, 0.4) is 0 Å². The minimum absolute atomic E-state index is 0.0801. The lowest BCUT2D eigenvalue weighted by Gasteiger charge is -2.31. The van der Waals surface area contributed by atoms with Crippen molar-refractivity contribution in [1.29, 1.82) is 0 Å². The molecule has 7 nitrogen and oxygen atoms in total. The van der Waals surface area contributed by atoms with Crippen molar-refractivity contribution in [3.63, 3.8) is 0 Å². The van der Waals surface area contributed by atoms with Crippen molar-refractivity contribution in [3.05, 3.63) is 70.3 Å². The van der Waals surface area contributed by atoms with Gasteiger partial charge in [-0.2, -0.15) is 0 Å². The number of halogens is 1. The zero-order valence-corrected chi connectivity index (χ0v) is 20.0. The van der Waals surface area contributed by atoms with Gasteiger partial charge in [-0.15, -0.1) is 0 Å². The summed E-state index contributed by atoms with van der Waals surface area (Å²) in [4.78, 5) is 30.0. The summed E-state index contributed by atoms with van der Waals surface area (Å²) < 4.78 is 11.1. The number of ether oxygens (including phenoxy) is 2. The Morgan fingerprint density at radius 2 is 1.74 bits per heavy atom. The van der Waals surface area contributed by atoms with Gasteiger partial charge in [0.1, 0.15) is 11.5 Å². The summed E-state index contributed by atoms with van der Waals surface area (Å²) in [5.41, 5.74) is 1.25. The van der Waals surface area contributed by atoms with E-state index in [2.05, 4.69) is 4.90 Å². The predicted octanol–water partition coefficient (Wildman–Crippen LogP) is 3.88. The van der Waals surface area contributed by atoms with Crippen molar-refractivity contribution in [1.82, 2.24) is 9.80 Å². The van der Waals surface area contributed by atoms with Crippen molar-refractivity contribution in [3.8, 4) is 5.75 Å². The van der Waals surface area contributed by atoms with E-state index in [1.165, 1.54) is 0 Å². The fourth-order valence-electron chi connectivity index (χ4n) is 4.26. The Kier molecular flexibility index (Phi) is 7.88. The number of hydrogen-bond acceptors (Lipinski definition) is 6. The van der Waals surface area contributed by atoms with Gasteiger partial charge in [0.15, 0.2) is 0 Å². The molecule has 2 aromatic rings. The lowest BCUT2D eigenvalue weighted by molar-refractivity contribution is -0.140. The van der Waals surface area contributed by atoms with Crippen molar-refractivity contribution in [2.45, 2.75) is 19.4 Å². The lowest BCUT2D eigenvalue weighted by atomic mass is 9.95. The average Bonchev–Trinajstić information content (AvgIpc) is 3.12. The highest BCUT2D eigenvalue weighted by Gasteiger charge is 2.46. The minimum Gasteiger partial charge on any atom is -0.507 e. The van der Waals surface area contributed by atoms with Crippen LogP contribution >= 0.6 is 11.6 Å². The Hall–Kier alpha value is -2.87. The summed E-state index contributed by atoms with van der Waals surface area (Å²) in [6, 6.07) is 13.2. The standard InChI is InChI=1S/C26H29ClN2O5/c1-2-15-34-21-9-5-18(6-10-21)23-22(24(30)19-3-7-20(27)8-4-19)25(31)26(32)29(23)12-11-28-13-16-33-17-14-28/h3-10,23,30H,2,11-17H2,1H3/b24-22+/t23-/m0/s1. The number of carbonyl (C=O) groups is 2. The monoisotopic (exact) mass is 484 g/mol. The zero-order chi connectivity index (χ0) is 24.1. The van der Waals surface area contributed by atoms with Crippen LogP contribution in [0, 0.1) is 0 Å². The van der Waals surface area contributed by atoms with E-state index < -0.39 is 17.7 Å². The van der Waals surface area contributed by atoms with Crippen LogP contribution in [0.1, 0.15) is 30.5 Å². The number of ketones is 1. The Bertz CT molecular complexity index is 1050. The molecule has 180 valence electrons. The second-order valence-electron chi connectivity index (χ2n) is 8.37. The number of benzene rings is 2. The average molecular weight is 485 g/mol. The lowest BCUT2D eigenvalue weighted by Crippen LogP contribution is -2.42. The molecule has 1 amide bonds. The molecular weight excluding hydrogens is 456 g/mol. The quantitative estimate of drug-likeness (QED) is 0.348. The minimum atomic E-state index is -0.697. The molecule has 2 aliphatic rings. The first kappa shape index (κ1) is 24.3. The number of aliphatic hydroxyl groups excluding tert-OH is 1. The number of Topliss-reactive ketones (excluding diaryl/α,β-unsaturated/α-hetero) is 1. The van der Waals surface area contributed by atoms with Gasteiger partial charge in [-0.3, -0.25) is 14.5 Å². The van der Waals surface area contributed by atoms with E-state index >= 15 is 0 Å². The van der Waals surface area contributed by atoms with Crippen LogP contribution in [-0.2, 0) is 14.3 Å². The van der Waals surface area contributed by atoms with Gasteiger partial charge in [0, 0.05) is 36.8 Å². The predicted molar refractivity (Wildman–Crippen MR) is 130 cm³/mol. The molecule has 0 saturated carbocycles. The molecule has 34 heavy (non-hydrogen) atoms. The van der Waals surface area contributed by atoms with Gasteiger partial charge in [0.25, 0.3) is 11.7 Å². The molecule has 2 aromatic carbocycles. The van der Waals surface area contributed by atoms with Gasteiger partial charge in [0.2, 0.25) is 0 Å². The van der Waals surface area contributed by atoms with Gasteiger partial charge in [0.05, 0.1) is 31.4 Å². The van der Waals surface area contributed by atoms with Crippen LogP contribution in [0.4, 0.5) is 0 Å². The molecule has 0 aromatic heterocycles. The van der Waals surface area contributed by atoms with Gasteiger partial charge in [-0.25, -0.2) is 0 Å². The Labute approximate surface area is 204 Å². The summed E-state index contributed by atoms with van der Waals surface area (Å²) in [6.45, 7) is 6.48. The third kappa shape index (κ3) is 5.27. The number of hydrogen-bond donors (Lipinski definition) is 1. The van der Waals surface area contributed by atoms with Crippen LogP contribution in [0.25, 0.3) is 5.76 Å². The number of likely N-dealkylation sites (tertiary alicyclic amines) is 1. The maximum absolute atomic E-state index is 13.1. The van der Waals surface area contributed by atoms with E-state index in [4.69, 9.17) is 21.1 Å². The molecule has 0 radical (unpaired) electrons. The number of morpholine rings is 1. The van der Waals surface area contributed by atoms with Crippen molar-refractivity contribution in [2.24, 2.45) is 0 Å².